The predicted molar refractivity (Wildman–Crippen MR) is 153 cm³/mol. The molecule has 1 aliphatic rings. The van der Waals surface area contributed by atoms with Crippen molar-refractivity contribution in [3.05, 3.63) is 129 Å². The first-order chi connectivity index (χ1) is 19.4. The van der Waals surface area contributed by atoms with Gasteiger partial charge in [0.2, 0.25) is 12.7 Å². The van der Waals surface area contributed by atoms with Crippen LogP contribution in [-0.4, -0.2) is 22.5 Å². The number of benzene rings is 4. The first-order valence-electron chi connectivity index (χ1n) is 13.2. The summed E-state index contributed by atoms with van der Waals surface area (Å²) in [7, 11) is 0. The van der Waals surface area contributed by atoms with Crippen LogP contribution >= 0.6 is 0 Å². The molecule has 1 heterocycles. The lowest BCUT2D eigenvalue weighted by Crippen LogP contribution is -2.37. The fourth-order valence-corrected chi connectivity index (χ4v) is 4.86. The third-order valence-corrected chi connectivity index (χ3v) is 6.93. The zero-order valence-electron chi connectivity index (χ0n) is 22.4. The molecule has 0 aromatic heterocycles. The molecule has 8 heteroatoms. The lowest BCUT2D eigenvalue weighted by molar-refractivity contribution is -0.386. The Bertz CT molecular complexity index is 1430. The summed E-state index contributed by atoms with van der Waals surface area (Å²) in [6.45, 7) is 4.94. The summed E-state index contributed by atoms with van der Waals surface area (Å²) in [6, 6.07) is 29.1. The first kappa shape index (κ1) is 26.9. The number of nitro benzene ring substituents is 1. The molecule has 0 fully saturated rings. The van der Waals surface area contributed by atoms with Crippen LogP contribution < -0.4 is 14.8 Å². The highest BCUT2D eigenvalue weighted by molar-refractivity contribution is 5.96. The summed E-state index contributed by atoms with van der Waals surface area (Å²) in [5, 5.41) is 15.3. The number of hydrogen-bond acceptors (Lipinski definition) is 6. The van der Waals surface area contributed by atoms with Crippen LogP contribution in [0.2, 0.25) is 0 Å². The Hall–Kier alpha value is -4.69. The quantitative estimate of drug-likeness (QED) is 0.176. The second-order valence-corrected chi connectivity index (χ2v) is 10.1. The zero-order valence-corrected chi connectivity index (χ0v) is 22.4. The Labute approximate surface area is 233 Å². The van der Waals surface area contributed by atoms with Gasteiger partial charge in [0.1, 0.15) is 6.04 Å². The average Bonchev–Trinajstić information content (AvgIpc) is 3.42. The van der Waals surface area contributed by atoms with E-state index in [9.17, 15) is 14.9 Å². The number of carbonyl (C=O) groups excluding carboxylic acids is 1. The van der Waals surface area contributed by atoms with Gasteiger partial charge in [-0.05, 0) is 40.8 Å². The van der Waals surface area contributed by atoms with Gasteiger partial charge in [0, 0.05) is 18.8 Å². The van der Waals surface area contributed by atoms with Crippen molar-refractivity contribution < 1.29 is 19.2 Å². The molecule has 1 N–H and O–H groups in total. The molecule has 5 rings (SSSR count). The summed E-state index contributed by atoms with van der Waals surface area (Å²) < 4.78 is 11.0. The van der Waals surface area contributed by atoms with Gasteiger partial charge in [0.15, 0.2) is 11.5 Å². The molecule has 1 aliphatic heterocycles. The number of rotatable bonds is 10. The van der Waals surface area contributed by atoms with Crippen LogP contribution in [0.3, 0.4) is 0 Å². The minimum absolute atomic E-state index is 0.0350. The van der Waals surface area contributed by atoms with Crippen molar-refractivity contribution in [3.63, 3.8) is 0 Å². The van der Waals surface area contributed by atoms with Crippen LogP contribution in [0.5, 0.6) is 11.5 Å². The van der Waals surface area contributed by atoms with Crippen molar-refractivity contribution in [2.24, 2.45) is 0 Å². The number of fused-ring (bicyclic) bond motifs is 1. The van der Waals surface area contributed by atoms with Gasteiger partial charge < -0.3 is 14.8 Å². The van der Waals surface area contributed by atoms with Crippen LogP contribution in [0.1, 0.15) is 48.1 Å². The van der Waals surface area contributed by atoms with Crippen LogP contribution in [-0.2, 0) is 17.9 Å². The highest BCUT2D eigenvalue weighted by Crippen LogP contribution is 2.42. The third-order valence-electron chi connectivity index (χ3n) is 6.93. The maximum absolute atomic E-state index is 14.2. The SMILES string of the molecule is CC(C)c1ccc(NC(=O)[C@H](c2cc3c(cc2[N+](=O)[O-])OCO3)N(Cc2ccccc2)Cc2ccccc2)cc1. The normalized spacial score (nSPS) is 12.9. The van der Waals surface area contributed by atoms with Crippen molar-refractivity contribution in [1.82, 2.24) is 4.90 Å². The number of ether oxygens (including phenoxy) is 2. The molecule has 204 valence electrons. The van der Waals surface area contributed by atoms with Crippen LogP contribution in [0.15, 0.2) is 97.1 Å². The molecule has 0 saturated heterocycles. The van der Waals surface area contributed by atoms with Crippen molar-refractivity contribution in [1.29, 1.82) is 0 Å². The molecule has 4 aromatic carbocycles. The Morgan fingerprint density at radius 2 is 1.43 bits per heavy atom. The van der Waals surface area contributed by atoms with Gasteiger partial charge in [-0.15, -0.1) is 0 Å². The molecular formula is C32H31N3O5. The standard InChI is InChI=1S/C32H31N3O5/c1-22(2)25-13-15-26(16-14-25)33-32(36)31(27-17-29-30(40-21-39-29)18-28(27)35(37)38)34(19-23-9-5-3-6-10-23)20-24-11-7-4-8-12-24/h3-18,22,31H,19-21H2,1-2H3,(H,33,36)/t31-/m0/s1. The fraction of sp³-hybridized carbons (Fsp3) is 0.219. The van der Waals surface area contributed by atoms with Crippen LogP contribution in [0, 0.1) is 10.1 Å². The van der Waals surface area contributed by atoms with E-state index in [1.54, 1.807) is 6.07 Å². The first-order valence-corrected chi connectivity index (χ1v) is 13.2. The van der Waals surface area contributed by atoms with E-state index in [4.69, 9.17) is 9.47 Å². The smallest absolute Gasteiger partial charge is 0.278 e. The summed E-state index contributed by atoms with van der Waals surface area (Å²) in [5.41, 5.74) is 3.74. The average molecular weight is 538 g/mol. The van der Waals surface area contributed by atoms with E-state index in [1.165, 1.54) is 6.07 Å². The van der Waals surface area contributed by atoms with Gasteiger partial charge in [0.25, 0.3) is 5.69 Å². The number of nitrogens with one attached hydrogen (secondary N) is 1. The summed E-state index contributed by atoms with van der Waals surface area (Å²) in [5.74, 6) is 0.628. The number of nitro groups is 1. The van der Waals surface area contributed by atoms with Gasteiger partial charge >= 0.3 is 0 Å². The molecule has 4 aromatic rings. The van der Waals surface area contributed by atoms with Crippen LogP contribution in [0.4, 0.5) is 11.4 Å². The lowest BCUT2D eigenvalue weighted by atomic mass is 9.99. The molecule has 8 nitrogen and oxygen atoms in total. The molecule has 0 bridgehead atoms. The van der Waals surface area contributed by atoms with Gasteiger partial charge in [-0.2, -0.15) is 0 Å². The topological polar surface area (TPSA) is 93.9 Å². The molecule has 0 aliphatic carbocycles. The van der Waals surface area contributed by atoms with Crippen molar-refractivity contribution in [3.8, 4) is 11.5 Å². The van der Waals surface area contributed by atoms with Gasteiger partial charge in [0.05, 0.1) is 16.6 Å². The van der Waals surface area contributed by atoms with Crippen molar-refractivity contribution >= 4 is 17.3 Å². The van der Waals surface area contributed by atoms with Gasteiger partial charge in [-0.25, -0.2) is 0 Å². The van der Waals surface area contributed by atoms with E-state index in [2.05, 4.69) is 19.2 Å². The molecule has 0 radical (unpaired) electrons. The Morgan fingerprint density at radius 3 is 1.95 bits per heavy atom. The Kier molecular flexibility index (Phi) is 8.07. The Balaban J connectivity index is 1.61. The zero-order chi connectivity index (χ0) is 28.1. The molecular weight excluding hydrogens is 506 g/mol. The molecule has 1 atom stereocenters. The predicted octanol–water partition coefficient (Wildman–Crippen LogP) is 6.83. The van der Waals surface area contributed by atoms with E-state index in [0.29, 0.717) is 30.4 Å². The van der Waals surface area contributed by atoms with Crippen LogP contribution in [0.25, 0.3) is 0 Å². The fourth-order valence-electron chi connectivity index (χ4n) is 4.86. The van der Waals surface area contributed by atoms with E-state index >= 15 is 0 Å². The summed E-state index contributed by atoms with van der Waals surface area (Å²) in [6.07, 6.45) is 0. The number of nitrogens with zero attached hydrogens (tertiary/aromatic N) is 2. The van der Waals surface area contributed by atoms with Gasteiger partial charge in [-0.1, -0.05) is 86.6 Å². The summed E-state index contributed by atoms with van der Waals surface area (Å²) >= 11 is 0. The highest BCUT2D eigenvalue weighted by atomic mass is 16.7. The maximum Gasteiger partial charge on any atom is 0.278 e. The second kappa shape index (κ2) is 12.0. The molecule has 1 amide bonds. The molecule has 0 spiro atoms. The van der Waals surface area contributed by atoms with Crippen molar-refractivity contribution in [2.45, 2.75) is 38.9 Å². The van der Waals surface area contributed by atoms with Crippen molar-refractivity contribution in [2.75, 3.05) is 12.1 Å². The number of anilines is 1. The largest absolute Gasteiger partial charge is 0.454 e. The van der Waals surface area contributed by atoms with E-state index in [-0.39, 0.29) is 29.7 Å². The number of amides is 1. The molecule has 40 heavy (non-hydrogen) atoms. The van der Waals surface area contributed by atoms with E-state index < -0.39 is 11.0 Å². The molecule has 0 saturated carbocycles. The number of hydrogen-bond donors (Lipinski definition) is 1. The minimum atomic E-state index is -1.01. The Morgan fingerprint density at radius 1 is 0.875 bits per heavy atom. The monoisotopic (exact) mass is 537 g/mol. The third kappa shape index (κ3) is 6.13. The lowest BCUT2D eigenvalue weighted by Gasteiger charge is -2.31. The highest BCUT2D eigenvalue weighted by Gasteiger charge is 2.36. The number of carbonyl (C=O) groups is 1. The maximum atomic E-state index is 14.2. The van der Waals surface area contributed by atoms with Gasteiger partial charge in [-0.3, -0.25) is 19.8 Å². The van der Waals surface area contributed by atoms with E-state index in [0.717, 1.165) is 16.7 Å². The second-order valence-electron chi connectivity index (χ2n) is 10.1. The molecule has 0 unspecified atom stereocenters. The minimum Gasteiger partial charge on any atom is -0.454 e. The van der Waals surface area contributed by atoms with E-state index in [1.807, 2.05) is 89.8 Å². The summed E-state index contributed by atoms with van der Waals surface area (Å²) in [4.78, 5) is 28.0.